The van der Waals surface area contributed by atoms with Crippen molar-refractivity contribution in [3.8, 4) is 0 Å². The molecule has 80 valence electrons. The van der Waals surface area contributed by atoms with E-state index in [1.165, 1.54) is 6.20 Å². The first-order valence-electron chi connectivity index (χ1n) is 5.19. The minimum Gasteiger partial charge on any atom is -0.461 e. The van der Waals surface area contributed by atoms with E-state index in [-0.39, 0.29) is 0 Å². The summed E-state index contributed by atoms with van der Waals surface area (Å²) < 4.78 is 5.54. The van der Waals surface area contributed by atoms with Gasteiger partial charge < -0.3 is 10.2 Å². The summed E-state index contributed by atoms with van der Waals surface area (Å²) in [5.41, 5.74) is 7.34. The van der Waals surface area contributed by atoms with Gasteiger partial charge in [0, 0.05) is 10.9 Å². The van der Waals surface area contributed by atoms with Gasteiger partial charge in [0.15, 0.2) is 0 Å². The summed E-state index contributed by atoms with van der Waals surface area (Å²) in [6, 6.07) is 7.93. The summed E-state index contributed by atoms with van der Waals surface area (Å²) in [5.74, 6) is 0.905. The third kappa shape index (κ3) is 2.21. The highest BCUT2D eigenvalue weighted by molar-refractivity contribution is 5.88. The van der Waals surface area contributed by atoms with Crippen molar-refractivity contribution in [1.29, 1.82) is 0 Å². The highest BCUT2D eigenvalue weighted by Gasteiger charge is 2.06. The maximum absolute atomic E-state index is 5.54. The van der Waals surface area contributed by atoms with Gasteiger partial charge in [0.2, 0.25) is 0 Å². The van der Waals surface area contributed by atoms with Crippen LogP contribution in [0.2, 0.25) is 0 Å². The fourth-order valence-corrected chi connectivity index (χ4v) is 1.49. The standard InChI is InChI=1S/C11H11NO.C2H6/c1-8-9(6-7-12)10-4-2-3-5-11(10)13-8;1-2/h2-7H,12H2,1H3;1-2H3/b7-6-;. The highest BCUT2D eigenvalue weighted by atomic mass is 16.3. The number of fused-ring (bicyclic) bond motifs is 1. The van der Waals surface area contributed by atoms with Crippen LogP contribution in [0.5, 0.6) is 0 Å². The van der Waals surface area contributed by atoms with Crippen molar-refractivity contribution in [2.75, 3.05) is 0 Å². The number of nitrogens with two attached hydrogens (primary N) is 1. The quantitative estimate of drug-likeness (QED) is 0.767. The van der Waals surface area contributed by atoms with E-state index in [2.05, 4.69) is 0 Å². The van der Waals surface area contributed by atoms with E-state index in [9.17, 15) is 0 Å². The molecule has 2 nitrogen and oxygen atoms in total. The first-order valence-corrected chi connectivity index (χ1v) is 5.19. The average molecular weight is 203 g/mol. The van der Waals surface area contributed by atoms with Gasteiger partial charge >= 0.3 is 0 Å². The Balaban J connectivity index is 0.000000531. The average Bonchev–Trinajstić information content (AvgIpc) is 2.59. The number of hydrogen-bond donors (Lipinski definition) is 1. The second kappa shape index (κ2) is 5.25. The molecule has 0 fully saturated rings. The molecule has 1 aromatic carbocycles. The van der Waals surface area contributed by atoms with E-state index < -0.39 is 0 Å². The van der Waals surface area contributed by atoms with E-state index >= 15 is 0 Å². The van der Waals surface area contributed by atoms with Crippen LogP contribution in [-0.2, 0) is 0 Å². The first kappa shape index (κ1) is 11.4. The minimum atomic E-state index is 0.905. The Bertz CT molecular complexity index is 455. The lowest BCUT2D eigenvalue weighted by molar-refractivity contribution is 0.577. The highest BCUT2D eigenvalue weighted by Crippen LogP contribution is 2.25. The van der Waals surface area contributed by atoms with Crippen molar-refractivity contribution in [3.63, 3.8) is 0 Å². The summed E-state index contributed by atoms with van der Waals surface area (Å²) in [7, 11) is 0. The van der Waals surface area contributed by atoms with Crippen molar-refractivity contribution >= 4 is 17.0 Å². The van der Waals surface area contributed by atoms with Gasteiger partial charge in [-0.15, -0.1) is 0 Å². The SMILES string of the molecule is CC.Cc1oc2ccccc2c1/C=C\N. The van der Waals surface area contributed by atoms with Crippen LogP contribution >= 0.6 is 0 Å². The molecule has 0 saturated carbocycles. The largest absolute Gasteiger partial charge is 0.461 e. The molecular formula is C13H17NO. The van der Waals surface area contributed by atoms with Crippen LogP contribution in [-0.4, -0.2) is 0 Å². The Labute approximate surface area is 90.4 Å². The maximum atomic E-state index is 5.54. The number of rotatable bonds is 1. The molecule has 2 N–H and O–H groups in total. The molecule has 0 bridgehead atoms. The molecule has 0 spiro atoms. The fourth-order valence-electron chi connectivity index (χ4n) is 1.49. The van der Waals surface area contributed by atoms with Crippen molar-refractivity contribution in [3.05, 3.63) is 41.8 Å². The van der Waals surface area contributed by atoms with Crippen LogP contribution in [0.3, 0.4) is 0 Å². The Hall–Kier alpha value is -1.70. The van der Waals surface area contributed by atoms with E-state index in [1.807, 2.05) is 51.1 Å². The molecular weight excluding hydrogens is 186 g/mol. The number of furan rings is 1. The molecule has 0 atom stereocenters. The van der Waals surface area contributed by atoms with Crippen LogP contribution in [0.1, 0.15) is 25.2 Å². The summed E-state index contributed by atoms with van der Waals surface area (Å²) in [6.45, 7) is 5.94. The van der Waals surface area contributed by atoms with Gasteiger partial charge in [-0.1, -0.05) is 32.0 Å². The van der Waals surface area contributed by atoms with Gasteiger partial charge in [0.05, 0.1) is 0 Å². The maximum Gasteiger partial charge on any atom is 0.134 e. The number of aryl methyl sites for hydroxylation is 1. The number of hydrogen-bond acceptors (Lipinski definition) is 2. The second-order valence-corrected chi connectivity index (χ2v) is 2.93. The van der Waals surface area contributed by atoms with E-state index in [0.717, 1.165) is 22.3 Å². The van der Waals surface area contributed by atoms with Crippen molar-refractivity contribution < 1.29 is 4.42 Å². The summed E-state index contributed by atoms with van der Waals surface area (Å²) in [5, 5.41) is 1.11. The zero-order valence-corrected chi connectivity index (χ0v) is 9.45. The monoisotopic (exact) mass is 203 g/mol. The van der Waals surface area contributed by atoms with Crippen molar-refractivity contribution in [2.45, 2.75) is 20.8 Å². The molecule has 1 aromatic heterocycles. The molecule has 0 radical (unpaired) electrons. The van der Waals surface area contributed by atoms with E-state index in [0.29, 0.717) is 0 Å². The zero-order chi connectivity index (χ0) is 11.3. The van der Waals surface area contributed by atoms with Crippen LogP contribution < -0.4 is 5.73 Å². The van der Waals surface area contributed by atoms with Gasteiger partial charge in [-0.25, -0.2) is 0 Å². The third-order valence-electron chi connectivity index (χ3n) is 2.08. The van der Waals surface area contributed by atoms with Gasteiger partial charge in [-0.2, -0.15) is 0 Å². The summed E-state index contributed by atoms with van der Waals surface area (Å²) in [4.78, 5) is 0. The topological polar surface area (TPSA) is 39.2 Å². The van der Waals surface area contributed by atoms with Crippen LogP contribution in [0.4, 0.5) is 0 Å². The Morgan fingerprint density at radius 2 is 1.87 bits per heavy atom. The molecule has 1 heterocycles. The molecule has 0 aliphatic carbocycles. The fraction of sp³-hybridized carbons (Fsp3) is 0.231. The number of para-hydroxylation sites is 1. The van der Waals surface area contributed by atoms with Crippen LogP contribution in [0.15, 0.2) is 34.9 Å². The lowest BCUT2D eigenvalue weighted by Crippen LogP contribution is -1.78. The molecule has 2 aromatic rings. The smallest absolute Gasteiger partial charge is 0.134 e. The predicted molar refractivity (Wildman–Crippen MR) is 65.5 cm³/mol. The Kier molecular flexibility index (Phi) is 3.98. The molecule has 15 heavy (non-hydrogen) atoms. The van der Waals surface area contributed by atoms with Crippen molar-refractivity contribution in [1.82, 2.24) is 0 Å². The minimum absolute atomic E-state index is 0.905. The molecule has 0 aliphatic rings. The Morgan fingerprint density at radius 3 is 2.53 bits per heavy atom. The van der Waals surface area contributed by atoms with E-state index in [4.69, 9.17) is 10.2 Å². The van der Waals surface area contributed by atoms with Gasteiger partial charge in [0.25, 0.3) is 0 Å². The molecule has 0 unspecified atom stereocenters. The second-order valence-electron chi connectivity index (χ2n) is 2.93. The van der Waals surface area contributed by atoms with Gasteiger partial charge in [-0.05, 0) is 25.3 Å². The normalized spacial score (nSPS) is 10.3. The predicted octanol–water partition coefficient (Wildman–Crippen LogP) is 3.70. The molecule has 0 aliphatic heterocycles. The van der Waals surface area contributed by atoms with Gasteiger partial charge in [0.1, 0.15) is 11.3 Å². The summed E-state index contributed by atoms with van der Waals surface area (Å²) in [6.07, 6.45) is 3.39. The number of benzene rings is 1. The molecule has 2 heteroatoms. The van der Waals surface area contributed by atoms with Crippen molar-refractivity contribution in [2.24, 2.45) is 5.73 Å². The molecule has 2 rings (SSSR count). The van der Waals surface area contributed by atoms with Gasteiger partial charge in [-0.3, -0.25) is 0 Å². The zero-order valence-electron chi connectivity index (χ0n) is 9.45. The first-order chi connectivity index (χ1) is 7.33. The summed E-state index contributed by atoms with van der Waals surface area (Å²) >= 11 is 0. The molecule has 0 saturated heterocycles. The third-order valence-corrected chi connectivity index (χ3v) is 2.08. The van der Waals surface area contributed by atoms with E-state index in [1.54, 1.807) is 0 Å². The Morgan fingerprint density at radius 1 is 1.20 bits per heavy atom. The molecule has 0 amide bonds. The lowest BCUT2D eigenvalue weighted by atomic mass is 10.1. The lowest BCUT2D eigenvalue weighted by Gasteiger charge is -1.88. The van der Waals surface area contributed by atoms with Crippen LogP contribution in [0.25, 0.3) is 17.0 Å². The van der Waals surface area contributed by atoms with Crippen LogP contribution in [0, 0.1) is 6.92 Å².